The molecular formula is C18H24N4O3. The van der Waals surface area contributed by atoms with Gasteiger partial charge >= 0.3 is 0 Å². The van der Waals surface area contributed by atoms with Crippen LogP contribution in [0.2, 0.25) is 0 Å². The number of aromatic amines is 1. The summed E-state index contributed by atoms with van der Waals surface area (Å²) in [6.07, 6.45) is 0. The second-order valence-electron chi connectivity index (χ2n) is 6.68. The fourth-order valence-electron chi connectivity index (χ4n) is 3.48. The Labute approximate surface area is 147 Å². The highest BCUT2D eigenvalue weighted by atomic mass is 16.5. The van der Waals surface area contributed by atoms with Crippen molar-refractivity contribution in [2.75, 3.05) is 26.2 Å². The molecule has 134 valence electrons. The number of piperazine rings is 1. The molecule has 2 aromatic rings. The monoisotopic (exact) mass is 344 g/mol. The van der Waals surface area contributed by atoms with Crippen LogP contribution in [0.5, 0.6) is 0 Å². The molecule has 7 heteroatoms. The Kier molecular flexibility index (Phi) is 4.76. The van der Waals surface area contributed by atoms with Crippen molar-refractivity contribution in [1.82, 2.24) is 19.9 Å². The van der Waals surface area contributed by atoms with E-state index in [1.54, 1.807) is 0 Å². The number of ketones is 1. The molecular weight excluding hydrogens is 320 g/mol. The molecule has 1 saturated heterocycles. The predicted molar refractivity (Wildman–Crippen MR) is 92.7 cm³/mol. The Morgan fingerprint density at radius 2 is 1.88 bits per heavy atom. The van der Waals surface area contributed by atoms with Gasteiger partial charge in [-0.15, -0.1) is 0 Å². The molecule has 0 bridgehead atoms. The number of carbonyl (C=O) groups excluding carboxylic acids is 2. The van der Waals surface area contributed by atoms with Gasteiger partial charge in [0.05, 0.1) is 5.69 Å². The lowest BCUT2D eigenvalue weighted by Gasteiger charge is -2.34. The van der Waals surface area contributed by atoms with Gasteiger partial charge in [0.2, 0.25) is 0 Å². The van der Waals surface area contributed by atoms with E-state index in [2.05, 4.69) is 15.0 Å². The Morgan fingerprint density at radius 1 is 1.20 bits per heavy atom. The molecule has 2 aromatic heterocycles. The van der Waals surface area contributed by atoms with Crippen molar-refractivity contribution in [3.8, 4) is 0 Å². The van der Waals surface area contributed by atoms with Gasteiger partial charge in [-0.3, -0.25) is 14.5 Å². The first-order chi connectivity index (χ1) is 11.9. The minimum Gasteiger partial charge on any atom is -0.361 e. The fraction of sp³-hybridized carbons (Fsp3) is 0.500. The maximum Gasteiger partial charge on any atom is 0.270 e. The van der Waals surface area contributed by atoms with E-state index in [0.29, 0.717) is 24.3 Å². The van der Waals surface area contributed by atoms with Crippen molar-refractivity contribution in [2.24, 2.45) is 0 Å². The van der Waals surface area contributed by atoms with Gasteiger partial charge in [0.25, 0.3) is 5.91 Å². The number of hydrogen-bond donors (Lipinski definition) is 1. The van der Waals surface area contributed by atoms with Crippen molar-refractivity contribution >= 4 is 11.7 Å². The van der Waals surface area contributed by atoms with E-state index < -0.39 is 0 Å². The second-order valence-corrected chi connectivity index (χ2v) is 6.68. The number of nitrogens with zero attached hydrogens (tertiary/aromatic N) is 3. The average Bonchev–Trinajstić information content (AvgIpc) is 3.10. The Morgan fingerprint density at radius 3 is 2.40 bits per heavy atom. The molecule has 0 spiro atoms. The number of Topliss-reactive ketones (excluding diaryl/α,β-unsaturated/α-hetero) is 1. The van der Waals surface area contributed by atoms with E-state index in [1.807, 2.05) is 31.7 Å². The van der Waals surface area contributed by atoms with Gasteiger partial charge in [-0.05, 0) is 33.3 Å². The highest BCUT2D eigenvalue weighted by molar-refractivity contribution is 6.02. The molecule has 25 heavy (non-hydrogen) atoms. The van der Waals surface area contributed by atoms with Gasteiger partial charge in [0.15, 0.2) is 5.78 Å². The van der Waals surface area contributed by atoms with Gasteiger partial charge in [0, 0.05) is 50.0 Å². The maximum absolute atomic E-state index is 12.8. The number of amides is 1. The van der Waals surface area contributed by atoms with Gasteiger partial charge in [0.1, 0.15) is 11.5 Å². The molecule has 0 unspecified atom stereocenters. The van der Waals surface area contributed by atoms with Crippen molar-refractivity contribution in [3.63, 3.8) is 0 Å². The van der Waals surface area contributed by atoms with E-state index in [4.69, 9.17) is 4.52 Å². The molecule has 7 nitrogen and oxygen atoms in total. The minimum absolute atomic E-state index is 0.0157. The summed E-state index contributed by atoms with van der Waals surface area (Å²) in [5.41, 5.74) is 3.58. The molecule has 1 amide bonds. The van der Waals surface area contributed by atoms with Crippen LogP contribution >= 0.6 is 0 Å². The largest absolute Gasteiger partial charge is 0.361 e. The Balaban J connectivity index is 1.64. The molecule has 1 aliphatic heterocycles. The van der Waals surface area contributed by atoms with Crippen LogP contribution in [0, 0.1) is 20.8 Å². The predicted octanol–water partition coefficient (Wildman–Crippen LogP) is 2.09. The average molecular weight is 344 g/mol. The van der Waals surface area contributed by atoms with Crippen molar-refractivity contribution in [1.29, 1.82) is 0 Å². The van der Waals surface area contributed by atoms with E-state index in [-0.39, 0.29) is 11.7 Å². The third kappa shape index (κ3) is 3.51. The molecule has 0 atom stereocenters. The van der Waals surface area contributed by atoms with E-state index >= 15 is 0 Å². The summed E-state index contributed by atoms with van der Waals surface area (Å²) < 4.78 is 5.10. The molecule has 3 heterocycles. The molecule has 0 aliphatic carbocycles. The summed E-state index contributed by atoms with van der Waals surface area (Å²) in [6.45, 7) is 10.7. The number of aromatic nitrogens is 2. The normalized spacial score (nSPS) is 15.6. The third-order valence-electron chi connectivity index (χ3n) is 4.73. The first kappa shape index (κ1) is 17.4. The fourth-order valence-corrected chi connectivity index (χ4v) is 3.48. The van der Waals surface area contributed by atoms with Crippen LogP contribution in [0.1, 0.15) is 50.5 Å². The van der Waals surface area contributed by atoms with Gasteiger partial charge in [-0.25, -0.2) is 0 Å². The molecule has 0 saturated carbocycles. The zero-order chi connectivity index (χ0) is 18.1. The quantitative estimate of drug-likeness (QED) is 0.859. The summed E-state index contributed by atoms with van der Waals surface area (Å²) in [6, 6.07) is 1.94. The van der Waals surface area contributed by atoms with Crippen LogP contribution in [0.3, 0.4) is 0 Å². The first-order valence-electron chi connectivity index (χ1n) is 8.50. The lowest BCUT2D eigenvalue weighted by atomic mass is 10.1. The lowest BCUT2D eigenvalue weighted by Crippen LogP contribution is -2.48. The van der Waals surface area contributed by atoms with Gasteiger partial charge in [-0.1, -0.05) is 5.16 Å². The Hall–Kier alpha value is -2.41. The molecule has 1 N–H and O–H groups in total. The number of nitrogens with one attached hydrogen (secondary N) is 1. The molecule has 3 rings (SSSR count). The number of hydrogen-bond acceptors (Lipinski definition) is 5. The summed E-state index contributed by atoms with van der Waals surface area (Å²) in [7, 11) is 0. The summed E-state index contributed by atoms with van der Waals surface area (Å²) in [5, 5.41) is 4.02. The van der Waals surface area contributed by atoms with Crippen LogP contribution in [-0.4, -0.2) is 57.8 Å². The SMILES string of the molecule is CC(=O)c1c(C)[nH]c(C(=O)N2CCN(Cc3cc(C)on3)CC2)c1C. The van der Waals surface area contributed by atoms with Crippen LogP contribution < -0.4 is 0 Å². The summed E-state index contributed by atoms with van der Waals surface area (Å²) in [4.78, 5) is 31.8. The molecule has 1 aliphatic rings. The minimum atomic E-state index is -0.0370. The van der Waals surface area contributed by atoms with Gasteiger partial charge < -0.3 is 14.4 Å². The second kappa shape index (κ2) is 6.84. The van der Waals surface area contributed by atoms with Crippen molar-refractivity contribution < 1.29 is 14.1 Å². The lowest BCUT2D eigenvalue weighted by molar-refractivity contribution is 0.0619. The summed E-state index contributed by atoms with van der Waals surface area (Å²) >= 11 is 0. The van der Waals surface area contributed by atoms with Crippen molar-refractivity contribution in [3.05, 3.63) is 40.0 Å². The topological polar surface area (TPSA) is 82.4 Å². The molecule has 0 radical (unpaired) electrons. The third-order valence-corrected chi connectivity index (χ3v) is 4.73. The van der Waals surface area contributed by atoms with Crippen LogP contribution in [0.25, 0.3) is 0 Å². The molecule has 1 fully saturated rings. The Bertz CT molecular complexity index is 797. The number of rotatable bonds is 4. The van der Waals surface area contributed by atoms with Crippen LogP contribution in [-0.2, 0) is 6.54 Å². The maximum atomic E-state index is 12.8. The van der Waals surface area contributed by atoms with Crippen LogP contribution in [0.4, 0.5) is 0 Å². The highest BCUT2D eigenvalue weighted by Crippen LogP contribution is 2.20. The number of H-pyrrole nitrogens is 1. The number of carbonyl (C=O) groups is 2. The highest BCUT2D eigenvalue weighted by Gasteiger charge is 2.27. The standard InChI is InChI=1S/C18H24N4O3/c1-11-9-15(20-25-11)10-21-5-7-22(8-6-21)18(24)17-12(2)16(14(4)23)13(3)19-17/h9,19H,5-8,10H2,1-4H3. The smallest absolute Gasteiger partial charge is 0.270 e. The van der Waals surface area contributed by atoms with E-state index in [9.17, 15) is 9.59 Å². The number of aryl methyl sites for hydroxylation is 2. The summed E-state index contributed by atoms with van der Waals surface area (Å²) in [5.74, 6) is 0.755. The zero-order valence-corrected chi connectivity index (χ0v) is 15.2. The van der Waals surface area contributed by atoms with E-state index in [0.717, 1.165) is 42.3 Å². The van der Waals surface area contributed by atoms with Crippen molar-refractivity contribution in [2.45, 2.75) is 34.2 Å². The van der Waals surface area contributed by atoms with Crippen LogP contribution in [0.15, 0.2) is 10.6 Å². The first-order valence-corrected chi connectivity index (χ1v) is 8.50. The van der Waals surface area contributed by atoms with E-state index in [1.165, 1.54) is 6.92 Å². The zero-order valence-electron chi connectivity index (χ0n) is 15.2. The molecule has 0 aromatic carbocycles. The van der Waals surface area contributed by atoms with Gasteiger partial charge in [-0.2, -0.15) is 0 Å².